The molecule has 3 N–H and O–H groups in total. The van der Waals surface area contributed by atoms with Crippen LogP contribution in [0.1, 0.15) is 25.3 Å². The van der Waals surface area contributed by atoms with Crippen molar-refractivity contribution in [2.75, 3.05) is 19.6 Å². The van der Waals surface area contributed by atoms with E-state index in [9.17, 15) is 13.2 Å². The summed E-state index contributed by atoms with van der Waals surface area (Å²) >= 11 is 0. The van der Waals surface area contributed by atoms with Crippen LogP contribution in [0.4, 0.5) is 4.79 Å². The maximum Gasteiger partial charge on any atom is 0.314 e. The lowest BCUT2D eigenvalue weighted by molar-refractivity contribution is 0.241. The van der Waals surface area contributed by atoms with Crippen LogP contribution in [0.15, 0.2) is 30.3 Å². The number of unbranched alkanes of at least 4 members (excludes halogenated alkanes) is 1. The van der Waals surface area contributed by atoms with Crippen molar-refractivity contribution in [3.05, 3.63) is 35.9 Å². The van der Waals surface area contributed by atoms with Crippen LogP contribution in [-0.4, -0.2) is 34.1 Å². The molecular formula is C14H23N3O3S. The van der Waals surface area contributed by atoms with Crippen LogP contribution in [0.2, 0.25) is 0 Å². The minimum Gasteiger partial charge on any atom is -0.338 e. The number of urea groups is 1. The zero-order valence-electron chi connectivity index (χ0n) is 12.3. The summed E-state index contributed by atoms with van der Waals surface area (Å²) in [6, 6.07) is 8.69. The lowest BCUT2D eigenvalue weighted by Gasteiger charge is -2.09. The highest BCUT2D eigenvalue weighted by atomic mass is 32.2. The van der Waals surface area contributed by atoms with Gasteiger partial charge in [-0.1, -0.05) is 43.7 Å². The third kappa shape index (κ3) is 8.31. The molecule has 0 atom stereocenters. The Kier molecular flexibility index (Phi) is 7.78. The molecule has 0 aliphatic carbocycles. The summed E-state index contributed by atoms with van der Waals surface area (Å²) in [6.07, 6.45) is 1.94. The lowest BCUT2D eigenvalue weighted by Crippen LogP contribution is -2.40. The predicted molar refractivity (Wildman–Crippen MR) is 83.4 cm³/mol. The van der Waals surface area contributed by atoms with Gasteiger partial charge in [0.15, 0.2) is 0 Å². The van der Waals surface area contributed by atoms with Gasteiger partial charge in [0.2, 0.25) is 10.0 Å². The zero-order chi connectivity index (χ0) is 15.6. The Morgan fingerprint density at radius 3 is 2.38 bits per heavy atom. The normalized spacial score (nSPS) is 11.1. The molecule has 118 valence electrons. The topological polar surface area (TPSA) is 87.3 Å². The maximum atomic E-state index is 11.8. The van der Waals surface area contributed by atoms with Gasteiger partial charge < -0.3 is 10.6 Å². The molecule has 0 saturated heterocycles. The molecule has 0 radical (unpaired) electrons. The second kappa shape index (κ2) is 9.36. The number of carbonyl (C=O) groups is 1. The van der Waals surface area contributed by atoms with E-state index in [1.807, 2.05) is 13.0 Å². The van der Waals surface area contributed by atoms with E-state index in [0.717, 1.165) is 18.4 Å². The molecule has 21 heavy (non-hydrogen) atoms. The van der Waals surface area contributed by atoms with Gasteiger partial charge in [0.25, 0.3) is 0 Å². The molecule has 0 unspecified atom stereocenters. The van der Waals surface area contributed by atoms with Crippen molar-refractivity contribution in [1.82, 2.24) is 15.4 Å². The first-order valence-electron chi connectivity index (χ1n) is 7.06. The van der Waals surface area contributed by atoms with Gasteiger partial charge in [-0.05, 0) is 12.0 Å². The molecule has 0 heterocycles. The van der Waals surface area contributed by atoms with Crippen LogP contribution < -0.4 is 15.4 Å². The van der Waals surface area contributed by atoms with Gasteiger partial charge in [-0.3, -0.25) is 0 Å². The standard InChI is InChI=1S/C14H23N3O3S/c1-2-3-9-15-14(18)16-10-11-17-21(19,20)12-13-7-5-4-6-8-13/h4-8,17H,2-3,9-12H2,1H3,(H2,15,16,18). The largest absolute Gasteiger partial charge is 0.338 e. The third-order valence-electron chi connectivity index (χ3n) is 2.75. The number of hydrogen-bond donors (Lipinski definition) is 3. The van der Waals surface area contributed by atoms with Crippen molar-refractivity contribution in [2.45, 2.75) is 25.5 Å². The summed E-state index contributed by atoms with van der Waals surface area (Å²) in [5.74, 6) is -0.0590. The third-order valence-corrected chi connectivity index (χ3v) is 4.11. The highest BCUT2D eigenvalue weighted by Gasteiger charge is 2.10. The van der Waals surface area contributed by atoms with Crippen molar-refractivity contribution >= 4 is 16.1 Å². The number of sulfonamides is 1. The second-order valence-electron chi connectivity index (χ2n) is 4.68. The molecule has 0 spiro atoms. The molecule has 0 aromatic heterocycles. The Balaban J connectivity index is 2.21. The molecule has 0 aliphatic rings. The van der Waals surface area contributed by atoms with Crippen LogP contribution in [-0.2, 0) is 15.8 Å². The monoisotopic (exact) mass is 313 g/mol. The SMILES string of the molecule is CCCCNC(=O)NCCNS(=O)(=O)Cc1ccccc1. The van der Waals surface area contributed by atoms with Gasteiger partial charge >= 0.3 is 6.03 Å². The van der Waals surface area contributed by atoms with E-state index in [4.69, 9.17) is 0 Å². The summed E-state index contributed by atoms with van der Waals surface area (Å²) in [6.45, 7) is 3.10. The van der Waals surface area contributed by atoms with E-state index in [0.29, 0.717) is 6.54 Å². The molecule has 6 nitrogen and oxygen atoms in total. The van der Waals surface area contributed by atoms with E-state index in [1.54, 1.807) is 24.3 Å². The Morgan fingerprint density at radius 2 is 1.71 bits per heavy atom. The van der Waals surface area contributed by atoms with E-state index in [-0.39, 0.29) is 24.9 Å². The van der Waals surface area contributed by atoms with Gasteiger partial charge in [-0.25, -0.2) is 17.9 Å². The summed E-state index contributed by atoms with van der Waals surface area (Å²) in [7, 11) is -3.38. The molecule has 1 aromatic rings. The summed E-state index contributed by atoms with van der Waals surface area (Å²) < 4.78 is 26.1. The van der Waals surface area contributed by atoms with Crippen LogP contribution in [0.5, 0.6) is 0 Å². The fraction of sp³-hybridized carbons (Fsp3) is 0.500. The molecule has 0 fully saturated rings. The van der Waals surface area contributed by atoms with E-state index < -0.39 is 10.0 Å². The Morgan fingerprint density at radius 1 is 1.05 bits per heavy atom. The average molecular weight is 313 g/mol. The summed E-state index contributed by atoms with van der Waals surface area (Å²) in [4.78, 5) is 11.3. The van der Waals surface area contributed by atoms with Crippen molar-refractivity contribution in [1.29, 1.82) is 0 Å². The second-order valence-corrected chi connectivity index (χ2v) is 6.48. The van der Waals surface area contributed by atoms with Gasteiger partial charge in [0.1, 0.15) is 0 Å². The quantitative estimate of drug-likeness (QED) is 0.599. The highest BCUT2D eigenvalue weighted by Crippen LogP contribution is 2.03. The number of hydrogen-bond acceptors (Lipinski definition) is 3. The molecule has 1 aromatic carbocycles. The first-order chi connectivity index (χ1) is 10.0. The molecule has 0 bridgehead atoms. The minimum absolute atomic E-state index is 0.0590. The Hall–Kier alpha value is -1.60. The maximum absolute atomic E-state index is 11.8. The van der Waals surface area contributed by atoms with Crippen molar-refractivity contribution in [3.8, 4) is 0 Å². The van der Waals surface area contributed by atoms with Crippen LogP contribution in [0.25, 0.3) is 0 Å². The first-order valence-corrected chi connectivity index (χ1v) is 8.71. The summed E-state index contributed by atoms with van der Waals surface area (Å²) in [5, 5.41) is 5.29. The van der Waals surface area contributed by atoms with Crippen molar-refractivity contribution < 1.29 is 13.2 Å². The molecule has 0 saturated carbocycles. The smallest absolute Gasteiger partial charge is 0.314 e. The molecule has 2 amide bonds. The Labute approximate surface area is 126 Å². The minimum atomic E-state index is -3.38. The van der Waals surface area contributed by atoms with E-state index in [1.165, 1.54) is 0 Å². The highest BCUT2D eigenvalue weighted by molar-refractivity contribution is 7.88. The number of nitrogens with one attached hydrogen (secondary N) is 3. The van der Waals surface area contributed by atoms with Gasteiger partial charge in [-0.2, -0.15) is 0 Å². The van der Waals surface area contributed by atoms with Crippen molar-refractivity contribution in [2.24, 2.45) is 0 Å². The molecule has 1 rings (SSSR count). The number of amides is 2. The van der Waals surface area contributed by atoms with Gasteiger partial charge in [-0.15, -0.1) is 0 Å². The van der Waals surface area contributed by atoms with Crippen molar-refractivity contribution in [3.63, 3.8) is 0 Å². The molecular weight excluding hydrogens is 290 g/mol. The lowest BCUT2D eigenvalue weighted by atomic mass is 10.2. The van der Waals surface area contributed by atoms with Gasteiger partial charge in [0.05, 0.1) is 5.75 Å². The Bertz CT molecular complexity index is 518. The predicted octanol–water partition coefficient (Wildman–Crippen LogP) is 1.21. The number of benzene rings is 1. The van der Waals surface area contributed by atoms with Crippen LogP contribution in [0, 0.1) is 0 Å². The fourth-order valence-corrected chi connectivity index (χ4v) is 2.81. The van der Waals surface area contributed by atoms with E-state index >= 15 is 0 Å². The summed E-state index contributed by atoms with van der Waals surface area (Å²) in [5.41, 5.74) is 0.732. The number of rotatable bonds is 9. The average Bonchev–Trinajstić information content (AvgIpc) is 2.44. The van der Waals surface area contributed by atoms with Crippen LogP contribution >= 0.6 is 0 Å². The first kappa shape index (κ1) is 17.5. The van der Waals surface area contributed by atoms with E-state index in [2.05, 4.69) is 15.4 Å². The van der Waals surface area contributed by atoms with Gasteiger partial charge in [0, 0.05) is 19.6 Å². The number of carbonyl (C=O) groups excluding carboxylic acids is 1. The molecule has 0 aliphatic heterocycles. The zero-order valence-corrected chi connectivity index (χ0v) is 13.1. The van der Waals surface area contributed by atoms with Crippen LogP contribution in [0.3, 0.4) is 0 Å². The fourth-order valence-electron chi connectivity index (χ4n) is 1.67. The molecule has 7 heteroatoms.